The van der Waals surface area contributed by atoms with Crippen molar-refractivity contribution in [3.63, 3.8) is 0 Å². The van der Waals surface area contributed by atoms with E-state index < -0.39 is 106 Å². The van der Waals surface area contributed by atoms with Crippen LogP contribution >= 0.6 is 0 Å². The van der Waals surface area contributed by atoms with E-state index in [1.54, 1.807) is 67.8 Å². The second-order valence-electron chi connectivity index (χ2n) is 15.6. The highest BCUT2D eigenvalue weighted by molar-refractivity contribution is 5.90. The summed E-state index contributed by atoms with van der Waals surface area (Å²) in [7, 11) is 7.79. The number of rotatable bonds is 9. The molecule has 1 spiro atoms. The van der Waals surface area contributed by atoms with Crippen LogP contribution in [0.1, 0.15) is 33.6 Å². The first-order chi connectivity index (χ1) is 24.4. The first-order valence-corrected chi connectivity index (χ1v) is 17.5. The van der Waals surface area contributed by atoms with Crippen molar-refractivity contribution in [3.8, 4) is 0 Å². The fourth-order valence-corrected chi connectivity index (χ4v) is 12.8. The van der Waals surface area contributed by atoms with Crippen LogP contribution in [0.15, 0.2) is 60.7 Å². The summed E-state index contributed by atoms with van der Waals surface area (Å²) >= 11 is 0. The van der Waals surface area contributed by atoms with Gasteiger partial charge in [-0.1, -0.05) is 36.4 Å². The number of ether oxygens (including phenoxy) is 6. The summed E-state index contributed by atoms with van der Waals surface area (Å²) in [4.78, 5) is 30.4. The van der Waals surface area contributed by atoms with E-state index in [-0.39, 0.29) is 24.2 Å². The number of carbonyl (C=O) groups is 2. The molecule has 2 aromatic rings. The van der Waals surface area contributed by atoms with E-state index >= 15 is 0 Å². The SMILES string of the molecule is COC[C@]12CN(C)[C@H]3[C@@H]4[C@H](OC)[C@H]1[C@@]3([C@@H](OC)C[C@H]2O)[C@]1(O)C[C@@]2(O)[C@H](OC(=O)c3ccccc3)[C@@H]1[C@]4(OC(=O)c1ccccc1)[C@@H](O)[C@@H]2OC. The molecule has 8 rings (SSSR count). The van der Waals surface area contributed by atoms with E-state index in [9.17, 15) is 30.0 Å². The topological polar surface area (TPSA) is 174 Å². The van der Waals surface area contributed by atoms with E-state index in [0.717, 1.165) is 0 Å². The summed E-state index contributed by atoms with van der Waals surface area (Å²) in [6.07, 6.45) is -7.69. The minimum absolute atomic E-state index is 0.0954. The smallest absolute Gasteiger partial charge is 0.338 e. The molecule has 6 aliphatic rings. The van der Waals surface area contributed by atoms with Gasteiger partial charge in [-0.15, -0.1) is 0 Å². The fraction of sp³-hybridized carbons (Fsp3) is 0.632. The van der Waals surface area contributed by atoms with E-state index in [1.807, 2.05) is 11.9 Å². The normalized spacial score (nSPS) is 47.5. The van der Waals surface area contributed by atoms with Gasteiger partial charge in [0.25, 0.3) is 0 Å². The zero-order valence-corrected chi connectivity index (χ0v) is 29.4. The van der Waals surface area contributed by atoms with Crippen molar-refractivity contribution in [2.75, 3.05) is 48.6 Å². The molecular weight excluding hydrogens is 662 g/mol. The highest BCUT2D eigenvalue weighted by Gasteiger charge is 2.96. The molecule has 13 nitrogen and oxygen atoms in total. The highest BCUT2D eigenvalue weighted by Crippen LogP contribution is 2.81. The van der Waals surface area contributed by atoms with Gasteiger partial charge in [-0.3, -0.25) is 0 Å². The van der Waals surface area contributed by atoms with Gasteiger partial charge < -0.3 is 53.7 Å². The fourth-order valence-electron chi connectivity index (χ4n) is 12.8. The van der Waals surface area contributed by atoms with E-state index in [4.69, 9.17) is 28.4 Å². The molecule has 0 aromatic heterocycles. The molecule has 276 valence electrons. The number of esters is 2. The molecule has 0 unspecified atom stereocenters. The molecule has 2 aromatic carbocycles. The summed E-state index contributed by atoms with van der Waals surface area (Å²) < 4.78 is 37.5. The number of methoxy groups -OCH3 is 4. The first-order valence-electron chi connectivity index (χ1n) is 17.5. The molecule has 1 saturated heterocycles. The Labute approximate surface area is 296 Å². The third-order valence-electron chi connectivity index (χ3n) is 13.9. The summed E-state index contributed by atoms with van der Waals surface area (Å²) in [6, 6.07) is 15.9. The van der Waals surface area contributed by atoms with Crippen molar-refractivity contribution in [3.05, 3.63) is 71.8 Å². The molecular formula is C38H47NO12. The maximum atomic E-state index is 14.4. The lowest BCUT2D eigenvalue weighted by Crippen LogP contribution is -2.85. The van der Waals surface area contributed by atoms with Crippen LogP contribution in [0.5, 0.6) is 0 Å². The molecule has 0 radical (unpaired) electrons. The Morgan fingerprint density at radius 2 is 1.47 bits per heavy atom. The molecule has 15 atom stereocenters. The van der Waals surface area contributed by atoms with Gasteiger partial charge in [0.1, 0.15) is 23.9 Å². The number of aliphatic hydroxyl groups is 4. The Balaban J connectivity index is 1.44. The standard InChI is InChI=1S/C38H47NO12/c1-39-18-34(19-46-2)22(40)16-23(47-3)37-26(34)25(48-4)24(28(37)39)38(51-33(43)21-14-10-7-11-15-21)27-30(50-32(42)20-12-8-6-9-13-20)35(44,17-36(27,37)45)31(49-5)29(38)41/h6-15,22-31,40-41,44-45H,16-19H2,1-5H3/t22-,23+,24+,25+,26-,27+,28+,29+,30-,31+,34+,35-,36+,37-,38+/m1/s1. The van der Waals surface area contributed by atoms with Crippen LogP contribution in [0.25, 0.3) is 0 Å². The Hall–Kier alpha value is -2.98. The van der Waals surface area contributed by atoms with Gasteiger partial charge in [0.15, 0.2) is 5.60 Å². The van der Waals surface area contributed by atoms with Crippen LogP contribution < -0.4 is 0 Å². The lowest BCUT2D eigenvalue weighted by atomic mass is 9.40. The number of hydrogen-bond acceptors (Lipinski definition) is 13. The van der Waals surface area contributed by atoms with E-state index in [1.165, 1.54) is 21.3 Å². The molecule has 5 saturated carbocycles. The lowest BCUT2D eigenvalue weighted by molar-refractivity contribution is -0.351. The lowest BCUT2D eigenvalue weighted by Gasteiger charge is -2.72. The molecule has 4 N–H and O–H groups in total. The third-order valence-corrected chi connectivity index (χ3v) is 13.9. The number of carbonyl (C=O) groups excluding carboxylic acids is 2. The molecule has 0 amide bonds. The predicted molar refractivity (Wildman–Crippen MR) is 177 cm³/mol. The summed E-state index contributed by atoms with van der Waals surface area (Å²) in [5.41, 5.74) is -8.25. The molecule has 5 aliphatic carbocycles. The number of aliphatic hydroxyl groups excluding tert-OH is 2. The van der Waals surface area contributed by atoms with E-state index in [0.29, 0.717) is 6.54 Å². The van der Waals surface area contributed by atoms with Crippen LogP contribution in [0, 0.1) is 28.6 Å². The van der Waals surface area contributed by atoms with Crippen molar-refractivity contribution in [2.24, 2.45) is 28.6 Å². The van der Waals surface area contributed by atoms with Crippen molar-refractivity contribution in [2.45, 2.75) is 72.3 Å². The molecule has 1 aliphatic heterocycles. The Kier molecular flexibility index (Phi) is 8.09. The second kappa shape index (κ2) is 11.8. The molecule has 7 bridgehead atoms. The molecule has 6 fully saturated rings. The van der Waals surface area contributed by atoms with Crippen LogP contribution in [-0.4, -0.2) is 145 Å². The molecule has 1 heterocycles. The quantitative estimate of drug-likeness (QED) is 0.268. The van der Waals surface area contributed by atoms with Gasteiger partial charge in [0, 0.05) is 76.5 Å². The maximum absolute atomic E-state index is 14.4. The van der Waals surface area contributed by atoms with Gasteiger partial charge in [0.05, 0.1) is 47.6 Å². The van der Waals surface area contributed by atoms with Gasteiger partial charge >= 0.3 is 11.9 Å². The first kappa shape index (κ1) is 35.1. The van der Waals surface area contributed by atoms with Crippen LogP contribution in [0.4, 0.5) is 0 Å². The largest absolute Gasteiger partial charge is 0.455 e. The number of piperidine rings is 1. The average molecular weight is 710 g/mol. The Morgan fingerprint density at radius 1 is 0.843 bits per heavy atom. The minimum Gasteiger partial charge on any atom is -0.455 e. The van der Waals surface area contributed by atoms with Crippen molar-refractivity contribution in [1.82, 2.24) is 4.90 Å². The van der Waals surface area contributed by atoms with Crippen LogP contribution in [0.2, 0.25) is 0 Å². The minimum atomic E-state index is -2.16. The average Bonchev–Trinajstić information content (AvgIpc) is 3.49. The van der Waals surface area contributed by atoms with Crippen molar-refractivity contribution >= 4 is 11.9 Å². The van der Waals surface area contributed by atoms with Crippen molar-refractivity contribution < 1.29 is 58.4 Å². The summed E-state index contributed by atoms with van der Waals surface area (Å²) in [5.74, 6) is -4.57. The summed E-state index contributed by atoms with van der Waals surface area (Å²) in [6.45, 7) is 0.425. The number of nitrogens with zero attached hydrogens (tertiary/aromatic N) is 1. The molecule has 13 heteroatoms. The van der Waals surface area contributed by atoms with Gasteiger partial charge in [-0.05, 0) is 31.3 Å². The van der Waals surface area contributed by atoms with E-state index in [2.05, 4.69) is 0 Å². The zero-order valence-electron chi connectivity index (χ0n) is 29.4. The zero-order chi connectivity index (χ0) is 36.3. The number of benzene rings is 2. The monoisotopic (exact) mass is 709 g/mol. The predicted octanol–water partition coefficient (Wildman–Crippen LogP) is 0.667. The second-order valence-corrected chi connectivity index (χ2v) is 15.6. The summed E-state index contributed by atoms with van der Waals surface area (Å²) in [5, 5.41) is 51.8. The highest BCUT2D eigenvalue weighted by atomic mass is 16.6. The van der Waals surface area contributed by atoms with Crippen molar-refractivity contribution in [1.29, 1.82) is 0 Å². The van der Waals surface area contributed by atoms with Crippen LogP contribution in [0.3, 0.4) is 0 Å². The Bertz CT molecular complexity index is 1680. The maximum Gasteiger partial charge on any atom is 0.338 e. The van der Waals surface area contributed by atoms with Gasteiger partial charge in [-0.25, -0.2) is 9.59 Å². The van der Waals surface area contributed by atoms with Crippen LogP contribution in [-0.2, 0) is 28.4 Å². The third kappa shape index (κ3) is 4.02. The number of fused-ring (bicyclic) bond motifs is 2. The van der Waals surface area contributed by atoms with Gasteiger partial charge in [-0.2, -0.15) is 0 Å². The number of likely N-dealkylation sites (tertiary alicyclic amines) is 1. The molecule has 51 heavy (non-hydrogen) atoms. The Morgan fingerprint density at radius 3 is 2.04 bits per heavy atom. The number of hydrogen-bond donors (Lipinski definition) is 4. The van der Waals surface area contributed by atoms with Gasteiger partial charge in [0.2, 0.25) is 0 Å².